The van der Waals surface area contributed by atoms with Gasteiger partial charge in [0.15, 0.2) is 0 Å². The maximum atomic E-state index is 11.5. The van der Waals surface area contributed by atoms with Crippen molar-refractivity contribution in [3.05, 3.63) is 20.8 Å². The van der Waals surface area contributed by atoms with Crippen LogP contribution in [0.25, 0.3) is 0 Å². The molecule has 0 radical (unpaired) electrons. The van der Waals surface area contributed by atoms with Crippen LogP contribution in [0.1, 0.15) is 29.4 Å². The van der Waals surface area contributed by atoms with Crippen LogP contribution in [0.5, 0.6) is 0 Å². The quantitative estimate of drug-likeness (QED) is 0.653. The normalized spacial score (nSPS) is 12.5. The summed E-state index contributed by atoms with van der Waals surface area (Å²) in [4.78, 5) is 12.3. The molecular formula is C10H13BrClNOS. The van der Waals surface area contributed by atoms with Gasteiger partial charge in [0.1, 0.15) is 0 Å². The molecule has 1 amide bonds. The first kappa shape index (κ1) is 13.0. The van der Waals surface area contributed by atoms with Gasteiger partial charge in [-0.25, -0.2) is 0 Å². The first-order valence-electron chi connectivity index (χ1n) is 4.77. The number of hydrogen-bond acceptors (Lipinski definition) is 2. The van der Waals surface area contributed by atoms with Gasteiger partial charge in [-0.3, -0.25) is 4.79 Å². The second kappa shape index (κ2) is 6.51. The smallest absolute Gasteiger partial charge is 0.261 e. The van der Waals surface area contributed by atoms with Crippen LogP contribution in [-0.4, -0.2) is 17.8 Å². The molecule has 1 aromatic heterocycles. The highest BCUT2D eigenvalue weighted by atomic mass is 79.9. The minimum absolute atomic E-state index is 0.00655. The van der Waals surface area contributed by atoms with E-state index in [4.69, 9.17) is 11.6 Å². The zero-order valence-electron chi connectivity index (χ0n) is 8.43. The lowest BCUT2D eigenvalue weighted by atomic mass is 10.2. The zero-order valence-corrected chi connectivity index (χ0v) is 11.6. The maximum absolute atomic E-state index is 11.5. The molecule has 1 unspecified atom stereocenters. The molecule has 0 aliphatic carbocycles. The predicted molar refractivity (Wildman–Crippen MR) is 68.9 cm³/mol. The molecule has 0 fully saturated rings. The third-order valence-electron chi connectivity index (χ3n) is 1.86. The zero-order chi connectivity index (χ0) is 11.3. The van der Waals surface area contributed by atoms with Gasteiger partial charge in [-0.2, -0.15) is 0 Å². The van der Waals surface area contributed by atoms with Crippen molar-refractivity contribution in [2.75, 3.05) is 6.54 Å². The molecule has 0 bridgehead atoms. The van der Waals surface area contributed by atoms with Gasteiger partial charge in [0, 0.05) is 11.9 Å². The fourth-order valence-electron chi connectivity index (χ4n) is 1.11. The van der Waals surface area contributed by atoms with Gasteiger partial charge in [0.2, 0.25) is 0 Å². The van der Waals surface area contributed by atoms with Crippen LogP contribution in [0, 0.1) is 0 Å². The average molecular weight is 311 g/mol. The minimum atomic E-state index is -0.00655. The van der Waals surface area contributed by atoms with E-state index in [9.17, 15) is 4.79 Å². The van der Waals surface area contributed by atoms with Crippen molar-refractivity contribution in [1.29, 1.82) is 0 Å². The predicted octanol–water partition coefficient (Wildman–Crippen LogP) is 3.65. The molecule has 1 heterocycles. The van der Waals surface area contributed by atoms with Gasteiger partial charge < -0.3 is 5.32 Å². The highest BCUT2D eigenvalue weighted by Gasteiger charge is 2.07. The molecule has 15 heavy (non-hydrogen) atoms. The summed E-state index contributed by atoms with van der Waals surface area (Å²) in [5.74, 6) is -0.00655. The fourth-order valence-corrected chi connectivity index (χ4v) is 2.57. The Morgan fingerprint density at radius 2 is 2.40 bits per heavy atom. The Labute approximate surface area is 107 Å². The molecule has 0 saturated carbocycles. The lowest BCUT2D eigenvalue weighted by Crippen LogP contribution is -2.23. The van der Waals surface area contributed by atoms with E-state index in [-0.39, 0.29) is 11.3 Å². The van der Waals surface area contributed by atoms with Crippen molar-refractivity contribution in [2.45, 2.75) is 25.1 Å². The number of hydrogen-bond donors (Lipinski definition) is 1. The molecule has 5 heteroatoms. The van der Waals surface area contributed by atoms with Crippen molar-refractivity contribution < 1.29 is 4.79 Å². The van der Waals surface area contributed by atoms with E-state index in [1.165, 1.54) is 11.3 Å². The molecule has 1 aromatic rings. The van der Waals surface area contributed by atoms with Gasteiger partial charge in [-0.15, -0.1) is 22.9 Å². The van der Waals surface area contributed by atoms with E-state index in [0.717, 1.165) is 21.5 Å². The lowest BCUT2D eigenvalue weighted by molar-refractivity contribution is 0.0957. The average Bonchev–Trinajstić information content (AvgIpc) is 2.59. The summed E-state index contributed by atoms with van der Waals surface area (Å²) < 4.78 is 0.974. The van der Waals surface area contributed by atoms with Crippen LogP contribution in [0.4, 0.5) is 0 Å². The first-order chi connectivity index (χ1) is 7.09. The number of carbonyl (C=O) groups is 1. The van der Waals surface area contributed by atoms with E-state index in [1.54, 1.807) is 0 Å². The van der Waals surface area contributed by atoms with E-state index in [2.05, 4.69) is 21.2 Å². The number of alkyl halides is 1. The number of amides is 1. The monoisotopic (exact) mass is 309 g/mol. The Hall–Kier alpha value is -0.0600. The van der Waals surface area contributed by atoms with E-state index >= 15 is 0 Å². The van der Waals surface area contributed by atoms with E-state index in [1.807, 2.05) is 19.1 Å². The summed E-state index contributed by atoms with van der Waals surface area (Å²) in [5, 5.41) is 3.04. The Morgan fingerprint density at radius 1 is 1.67 bits per heavy atom. The second-order valence-corrected chi connectivity index (χ2v) is 6.49. The Kier molecular flexibility index (Phi) is 5.64. The van der Waals surface area contributed by atoms with Gasteiger partial charge in [-0.1, -0.05) is 0 Å². The minimum Gasteiger partial charge on any atom is -0.351 e. The summed E-state index contributed by atoms with van der Waals surface area (Å²) >= 11 is 10.6. The van der Waals surface area contributed by atoms with Crippen LogP contribution in [-0.2, 0) is 0 Å². The molecule has 1 atom stereocenters. The van der Waals surface area contributed by atoms with Crippen molar-refractivity contribution in [1.82, 2.24) is 5.32 Å². The van der Waals surface area contributed by atoms with Crippen molar-refractivity contribution in [3.8, 4) is 0 Å². The lowest BCUT2D eigenvalue weighted by Gasteiger charge is -2.04. The van der Waals surface area contributed by atoms with Gasteiger partial charge >= 0.3 is 0 Å². The summed E-state index contributed by atoms with van der Waals surface area (Å²) in [6, 6.07) is 3.69. The second-order valence-electron chi connectivity index (χ2n) is 3.28. The standard InChI is InChI=1S/C10H13BrClNOS/c1-7(12)3-2-6-13-10(14)8-4-5-9(11)15-8/h4-5,7H,2-3,6H2,1H3,(H,13,14). The third-order valence-corrected chi connectivity index (χ3v) is 3.70. The fraction of sp³-hybridized carbons (Fsp3) is 0.500. The van der Waals surface area contributed by atoms with Crippen LogP contribution in [0.3, 0.4) is 0 Å². The molecule has 0 aliphatic rings. The third kappa shape index (κ3) is 5.00. The summed E-state index contributed by atoms with van der Waals surface area (Å²) in [6.07, 6.45) is 1.85. The Bertz CT molecular complexity index is 327. The van der Waals surface area contributed by atoms with Crippen LogP contribution in [0.15, 0.2) is 15.9 Å². The van der Waals surface area contributed by atoms with Crippen molar-refractivity contribution >= 4 is 44.8 Å². The molecule has 0 aliphatic heterocycles. The molecule has 1 rings (SSSR count). The number of thiophene rings is 1. The molecule has 1 N–H and O–H groups in total. The van der Waals surface area contributed by atoms with Crippen molar-refractivity contribution in [2.24, 2.45) is 0 Å². The van der Waals surface area contributed by atoms with Gasteiger partial charge in [0.05, 0.1) is 8.66 Å². The SMILES string of the molecule is CC(Cl)CCCNC(=O)c1ccc(Br)s1. The largest absolute Gasteiger partial charge is 0.351 e. The van der Waals surface area contributed by atoms with Crippen LogP contribution >= 0.6 is 38.9 Å². The highest BCUT2D eigenvalue weighted by molar-refractivity contribution is 9.11. The van der Waals surface area contributed by atoms with E-state index in [0.29, 0.717) is 6.54 Å². The molecular weight excluding hydrogens is 298 g/mol. The van der Waals surface area contributed by atoms with Crippen molar-refractivity contribution in [3.63, 3.8) is 0 Å². The summed E-state index contributed by atoms with van der Waals surface area (Å²) in [7, 11) is 0. The number of carbonyl (C=O) groups excluding carboxylic acids is 1. The van der Waals surface area contributed by atoms with Crippen LogP contribution in [0.2, 0.25) is 0 Å². The molecule has 0 saturated heterocycles. The number of rotatable bonds is 5. The van der Waals surface area contributed by atoms with Gasteiger partial charge in [-0.05, 0) is 47.8 Å². The number of nitrogens with one attached hydrogen (secondary N) is 1. The van der Waals surface area contributed by atoms with Gasteiger partial charge in [0.25, 0.3) is 5.91 Å². The summed E-state index contributed by atoms with van der Waals surface area (Å²) in [5.41, 5.74) is 0. The molecule has 84 valence electrons. The first-order valence-corrected chi connectivity index (χ1v) is 6.82. The molecule has 2 nitrogen and oxygen atoms in total. The summed E-state index contributed by atoms with van der Waals surface area (Å²) in [6.45, 7) is 2.64. The highest BCUT2D eigenvalue weighted by Crippen LogP contribution is 2.21. The van der Waals surface area contributed by atoms with Crippen LogP contribution < -0.4 is 5.32 Å². The van der Waals surface area contributed by atoms with E-state index < -0.39 is 0 Å². The molecule has 0 spiro atoms. The number of halogens is 2. The maximum Gasteiger partial charge on any atom is 0.261 e. The topological polar surface area (TPSA) is 29.1 Å². The Balaban J connectivity index is 2.25. The Morgan fingerprint density at radius 3 is 2.93 bits per heavy atom. The molecule has 0 aromatic carbocycles.